The normalized spacial score (nSPS) is 16.1. The van der Waals surface area contributed by atoms with Crippen molar-refractivity contribution in [1.29, 1.82) is 0 Å². The minimum atomic E-state index is -0.450. The van der Waals surface area contributed by atoms with Crippen molar-refractivity contribution in [3.8, 4) is 0 Å². The van der Waals surface area contributed by atoms with E-state index in [1.54, 1.807) is 12.1 Å². The third kappa shape index (κ3) is 4.41. The summed E-state index contributed by atoms with van der Waals surface area (Å²) in [5.41, 5.74) is 3.18. The van der Waals surface area contributed by atoms with Crippen molar-refractivity contribution >= 4 is 23.1 Å². The number of ketones is 1. The number of carbonyl (C=O) groups is 2. The lowest BCUT2D eigenvalue weighted by Crippen LogP contribution is -2.34. The van der Waals surface area contributed by atoms with Gasteiger partial charge in [0.2, 0.25) is 0 Å². The van der Waals surface area contributed by atoms with Crippen LogP contribution in [0.5, 0.6) is 0 Å². The van der Waals surface area contributed by atoms with E-state index >= 15 is 0 Å². The van der Waals surface area contributed by atoms with Crippen LogP contribution >= 0.6 is 0 Å². The Morgan fingerprint density at radius 3 is 2.44 bits per heavy atom. The quantitative estimate of drug-likeness (QED) is 0.819. The summed E-state index contributed by atoms with van der Waals surface area (Å²) in [6, 6.07) is 16.8. The Balaban J connectivity index is 1.72. The lowest BCUT2D eigenvalue weighted by Gasteiger charge is -2.20. The molecule has 0 saturated heterocycles. The summed E-state index contributed by atoms with van der Waals surface area (Å²) in [6.45, 7) is 2.40. The maximum Gasteiger partial charge on any atom is 0.267 e. The molecular formula is C21H23N3O3. The molecule has 0 aromatic heterocycles. The average Bonchev–Trinajstić information content (AvgIpc) is 3.14. The maximum absolute atomic E-state index is 12.6. The van der Waals surface area contributed by atoms with Gasteiger partial charge in [0.05, 0.1) is 12.3 Å². The Hall–Kier alpha value is -2.99. The first-order valence-electron chi connectivity index (χ1n) is 8.86. The maximum atomic E-state index is 12.6. The molecule has 2 aromatic rings. The first-order chi connectivity index (χ1) is 13.1. The standard InChI is InChI=1S/C21H23N3O3/c1-15(25)20-12-19(23-24(20)18-10-4-3-5-11-18)21(26)22-13-16-8-6-7-9-17(16)14-27-2/h3-11,20H,12-14H2,1-2H3,(H,22,26). The van der Waals surface area contributed by atoms with Gasteiger partial charge in [0.1, 0.15) is 11.8 Å². The predicted octanol–water partition coefficient (Wildman–Crippen LogP) is 2.67. The van der Waals surface area contributed by atoms with E-state index in [-0.39, 0.29) is 11.7 Å². The molecule has 27 heavy (non-hydrogen) atoms. The van der Waals surface area contributed by atoms with Crippen LogP contribution in [0.1, 0.15) is 24.5 Å². The SMILES string of the molecule is COCc1ccccc1CNC(=O)C1=NN(c2ccccc2)C(C(C)=O)C1. The Kier molecular flexibility index (Phi) is 5.98. The molecule has 1 amide bonds. The molecule has 1 N–H and O–H groups in total. The van der Waals surface area contributed by atoms with E-state index in [0.717, 1.165) is 16.8 Å². The molecule has 6 heteroatoms. The summed E-state index contributed by atoms with van der Waals surface area (Å²) in [6.07, 6.45) is 0.301. The first-order valence-corrected chi connectivity index (χ1v) is 8.86. The smallest absolute Gasteiger partial charge is 0.267 e. The highest BCUT2D eigenvalue weighted by Gasteiger charge is 2.34. The Bertz CT molecular complexity index is 849. The molecule has 0 radical (unpaired) electrons. The number of carbonyl (C=O) groups excluding carboxylic acids is 2. The van der Waals surface area contributed by atoms with Crippen LogP contribution in [0, 0.1) is 0 Å². The van der Waals surface area contributed by atoms with Gasteiger partial charge in [-0.3, -0.25) is 14.6 Å². The molecule has 0 aliphatic carbocycles. The summed E-state index contributed by atoms with van der Waals surface area (Å²) < 4.78 is 5.20. The first kappa shape index (κ1) is 18.8. The number of amides is 1. The molecular weight excluding hydrogens is 342 g/mol. The number of para-hydroxylation sites is 1. The van der Waals surface area contributed by atoms with Crippen LogP contribution in [-0.4, -0.2) is 30.6 Å². The van der Waals surface area contributed by atoms with Gasteiger partial charge in [-0.1, -0.05) is 42.5 Å². The fourth-order valence-electron chi connectivity index (χ4n) is 3.09. The van der Waals surface area contributed by atoms with Crippen molar-refractivity contribution in [3.63, 3.8) is 0 Å². The Labute approximate surface area is 158 Å². The van der Waals surface area contributed by atoms with Crippen molar-refractivity contribution in [2.75, 3.05) is 12.1 Å². The third-order valence-electron chi connectivity index (χ3n) is 4.52. The van der Waals surface area contributed by atoms with Crippen LogP contribution in [0.15, 0.2) is 59.7 Å². The zero-order valence-corrected chi connectivity index (χ0v) is 15.5. The van der Waals surface area contributed by atoms with Gasteiger partial charge in [-0.15, -0.1) is 0 Å². The number of anilines is 1. The Morgan fingerprint density at radius 2 is 1.78 bits per heavy atom. The molecule has 1 atom stereocenters. The van der Waals surface area contributed by atoms with Gasteiger partial charge >= 0.3 is 0 Å². The lowest BCUT2D eigenvalue weighted by molar-refractivity contribution is -0.118. The minimum Gasteiger partial charge on any atom is -0.380 e. The van der Waals surface area contributed by atoms with E-state index in [9.17, 15) is 9.59 Å². The van der Waals surface area contributed by atoms with Crippen LogP contribution in [0.4, 0.5) is 5.69 Å². The summed E-state index contributed by atoms with van der Waals surface area (Å²) in [5.74, 6) is -0.275. The van der Waals surface area contributed by atoms with Gasteiger partial charge in [-0.2, -0.15) is 5.10 Å². The fraction of sp³-hybridized carbons (Fsp3) is 0.286. The zero-order chi connectivity index (χ0) is 19.2. The number of hydrogen-bond acceptors (Lipinski definition) is 5. The van der Waals surface area contributed by atoms with E-state index in [4.69, 9.17) is 4.74 Å². The monoisotopic (exact) mass is 365 g/mol. The molecule has 1 aliphatic heterocycles. The second kappa shape index (κ2) is 8.60. The number of nitrogens with one attached hydrogen (secondary N) is 1. The topological polar surface area (TPSA) is 71.0 Å². The van der Waals surface area contributed by atoms with Crippen LogP contribution in [0.3, 0.4) is 0 Å². The van der Waals surface area contributed by atoms with Crippen molar-refractivity contribution in [2.24, 2.45) is 5.10 Å². The molecule has 140 valence electrons. The Morgan fingerprint density at radius 1 is 1.11 bits per heavy atom. The summed E-state index contributed by atoms with van der Waals surface area (Å²) >= 11 is 0. The van der Waals surface area contributed by atoms with Crippen molar-refractivity contribution < 1.29 is 14.3 Å². The van der Waals surface area contributed by atoms with Crippen LogP contribution in [0.25, 0.3) is 0 Å². The van der Waals surface area contributed by atoms with E-state index in [1.807, 2.05) is 54.6 Å². The van der Waals surface area contributed by atoms with E-state index in [0.29, 0.717) is 25.3 Å². The van der Waals surface area contributed by atoms with E-state index in [2.05, 4.69) is 10.4 Å². The molecule has 0 fully saturated rings. The highest BCUT2D eigenvalue weighted by atomic mass is 16.5. The summed E-state index contributed by atoms with van der Waals surface area (Å²) in [7, 11) is 1.64. The van der Waals surface area contributed by atoms with Crippen molar-refractivity contribution in [3.05, 3.63) is 65.7 Å². The van der Waals surface area contributed by atoms with Gasteiger partial charge in [-0.25, -0.2) is 0 Å². The van der Waals surface area contributed by atoms with E-state index < -0.39 is 6.04 Å². The zero-order valence-electron chi connectivity index (χ0n) is 15.5. The largest absolute Gasteiger partial charge is 0.380 e. The third-order valence-corrected chi connectivity index (χ3v) is 4.52. The fourth-order valence-corrected chi connectivity index (χ4v) is 3.09. The number of hydrazone groups is 1. The molecule has 0 spiro atoms. The number of nitrogens with zero attached hydrogens (tertiary/aromatic N) is 2. The number of benzene rings is 2. The average molecular weight is 365 g/mol. The predicted molar refractivity (Wildman–Crippen MR) is 104 cm³/mol. The number of ether oxygens (including phenoxy) is 1. The summed E-state index contributed by atoms with van der Waals surface area (Å²) in [5, 5.41) is 8.97. The van der Waals surface area contributed by atoms with Crippen LogP contribution in [0.2, 0.25) is 0 Å². The highest BCUT2D eigenvalue weighted by molar-refractivity contribution is 6.40. The van der Waals surface area contributed by atoms with Gasteiger partial charge in [0.15, 0.2) is 5.78 Å². The van der Waals surface area contributed by atoms with Crippen LogP contribution < -0.4 is 10.3 Å². The molecule has 2 aromatic carbocycles. The van der Waals surface area contributed by atoms with Crippen molar-refractivity contribution in [1.82, 2.24) is 5.32 Å². The number of rotatable bonds is 7. The molecule has 1 heterocycles. The van der Waals surface area contributed by atoms with Gasteiger partial charge in [0.25, 0.3) is 5.91 Å². The number of methoxy groups -OCH3 is 1. The molecule has 1 aliphatic rings. The molecule has 3 rings (SSSR count). The van der Waals surface area contributed by atoms with E-state index in [1.165, 1.54) is 6.92 Å². The molecule has 0 bridgehead atoms. The minimum absolute atomic E-state index is 0.0177. The highest BCUT2D eigenvalue weighted by Crippen LogP contribution is 2.25. The van der Waals surface area contributed by atoms with Gasteiger partial charge in [-0.05, 0) is 30.2 Å². The second-order valence-electron chi connectivity index (χ2n) is 6.44. The van der Waals surface area contributed by atoms with Gasteiger partial charge < -0.3 is 10.1 Å². The number of hydrogen-bond donors (Lipinski definition) is 1. The molecule has 6 nitrogen and oxygen atoms in total. The van der Waals surface area contributed by atoms with Crippen molar-refractivity contribution in [2.45, 2.75) is 32.5 Å². The number of Topliss-reactive ketones (excluding diaryl/α,β-unsaturated/α-hetero) is 1. The van der Waals surface area contributed by atoms with Crippen LogP contribution in [-0.2, 0) is 27.5 Å². The summed E-state index contributed by atoms with van der Waals surface area (Å²) in [4.78, 5) is 24.7. The molecule has 0 saturated carbocycles. The lowest BCUT2D eigenvalue weighted by atomic mass is 10.1. The van der Waals surface area contributed by atoms with Gasteiger partial charge in [0, 0.05) is 20.1 Å². The molecule has 1 unspecified atom stereocenters. The second-order valence-corrected chi connectivity index (χ2v) is 6.44.